The number of hydrogen-bond donors (Lipinski definition) is 1. The highest BCUT2D eigenvalue weighted by Crippen LogP contribution is 1.98. The highest BCUT2D eigenvalue weighted by Gasteiger charge is 2.06. The number of aliphatic hydroxyl groups is 1. The van der Waals surface area contributed by atoms with E-state index in [2.05, 4.69) is 24.4 Å². The van der Waals surface area contributed by atoms with Gasteiger partial charge in [-0.25, -0.2) is 4.79 Å². The van der Waals surface area contributed by atoms with Crippen molar-refractivity contribution in [2.45, 2.75) is 31.7 Å². The van der Waals surface area contributed by atoms with Crippen LogP contribution in [0.1, 0.15) is 6.42 Å². The zero-order valence-corrected chi connectivity index (χ0v) is 11.3. The van der Waals surface area contributed by atoms with Gasteiger partial charge in [0, 0.05) is 21.5 Å². The average molecular weight is 246 g/mol. The fourth-order valence-corrected chi connectivity index (χ4v) is 2.08. The number of rotatable bonds is 9. The monoisotopic (exact) mass is 246 g/mol. The molecule has 0 aromatic heterocycles. The van der Waals surface area contributed by atoms with E-state index in [0.29, 0.717) is 6.61 Å². The summed E-state index contributed by atoms with van der Waals surface area (Å²) in [5.41, 5.74) is 0. The van der Waals surface area contributed by atoms with Gasteiger partial charge in [0.1, 0.15) is 12.7 Å². The largest absolute Gasteiger partial charge is 0.460 e. The van der Waals surface area contributed by atoms with E-state index in [1.807, 2.05) is 0 Å². The molecule has 0 bridgehead atoms. The zero-order chi connectivity index (χ0) is 12.4. The van der Waals surface area contributed by atoms with Gasteiger partial charge >= 0.3 is 5.97 Å². The SMILES string of the molecule is C=CC(=O)OCC(O)COCCC[SiH](C)C. The van der Waals surface area contributed by atoms with Crippen LogP contribution in [0.3, 0.4) is 0 Å². The molecule has 1 N–H and O–H groups in total. The van der Waals surface area contributed by atoms with Gasteiger partial charge in [0.15, 0.2) is 0 Å². The smallest absolute Gasteiger partial charge is 0.330 e. The van der Waals surface area contributed by atoms with E-state index in [0.717, 1.165) is 12.5 Å². The van der Waals surface area contributed by atoms with Crippen LogP contribution in [0.2, 0.25) is 19.1 Å². The number of aliphatic hydroxyl groups excluding tert-OH is 1. The van der Waals surface area contributed by atoms with Gasteiger partial charge in [0.2, 0.25) is 0 Å². The molecule has 0 rings (SSSR count). The minimum Gasteiger partial charge on any atom is -0.460 e. The van der Waals surface area contributed by atoms with Crippen molar-refractivity contribution < 1.29 is 19.4 Å². The van der Waals surface area contributed by atoms with Gasteiger partial charge in [-0.2, -0.15) is 0 Å². The summed E-state index contributed by atoms with van der Waals surface area (Å²) in [6.45, 7) is 8.69. The lowest BCUT2D eigenvalue weighted by Crippen LogP contribution is -2.23. The maximum atomic E-state index is 10.7. The Balaban J connectivity index is 3.33. The van der Waals surface area contributed by atoms with Gasteiger partial charge in [-0.1, -0.05) is 25.7 Å². The minimum atomic E-state index is -0.750. The lowest BCUT2D eigenvalue weighted by molar-refractivity contribution is -0.141. The van der Waals surface area contributed by atoms with E-state index in [4.69, 9.17) is 4.74 Å². The first-order chi connectivity index (χ1) is 7.56. The Bertz CT molecular complexity index is 206. The minimum absolute atomic E-state index is 0.0379. The summed E-state index contributed by atoms with van der Waals surface area (Å²) < 4.78 is 9.93. The molecule has 1 atom stereocenters. The van der Waals surface area contributed by atoms with Crippen molar-refractivity contribution in [3.05, 3.63) is 12.7 Å². The first-order valence-electron chi connectivity index (χ1n) is 5.61. The lowest BCUT2D eigenvalue weighted by atomic mass is 10.4. The van der Waals surface area contributed by atoms with Crippen LogP contribution in [-0.4, -0.2) is 45.8 Å². The third kappa shape index (κ3) is 9.89. The van der Waals surface area contributed by atoms with Gasteiger partial charge in [-0.3, -0.25) is 0 Å². The van der Waals surface area contributed by atoms with Crippen LogP contribution in [0.5, 0.6) is 0 Å². The van der Waals surface area contributed by atoms with Crippen molar-refractivity contribution in [1.29, 1.82) is 0 Å². The summed E-state index contributed by atoms with van der Waals surface area (Å²) in [6, 6.07) is 1.25. The van der Waals surface area contributed by atoms with Crippen LogP contribution in [0.15, 0.2) is 12.7 Å². The molecule has 0 spiro atoms. The maximum Gasteiger partial charge on any atom is 0.330 e. The fraction of sp³-hybridized carbons (Fsp3) is 0.727. The first kappa shape index (κ1) is 15.3. The average Bonchev–Trinajstić information content (AvgIpc) is 2.24. The number of esters is 1. The van der Waals surface area contributed by atoms with E-state index < -0.39 is 20.9 Å². The molecule has 94 valence electrons. The molecule has 16 heavy (non-hydrogen) atoms. The van der Waals surface area contributed by atoms with E-state index in [1.54, 1.807) is 0 Å². The third-order valence-corrected chi connectivity index (χ3v) is 3.53. The predicted octanol–water partition coefficient (Wildman–Crippen LogP) is 0.970. The second-order valence-electron chi connectivity index (χ2n) is 4.10. The molecule has 0 aliphatic carbocycles. The Kier molecular flexibility index (Phi) is 9.17. The van der Waals surface area contributed by atoms with Crippen LogP contribution in [0.25, 0.3) is 0 Å². The molecule has 0 aliphatic rings. The maximum absolute atomic E-state index is 10.7. The quantitative estimate of drug-likeness (QED) is 0.285. The first-order valence-corrected chi connectivity index (χ1v) is 8.73. The van der Waals surface area contributed by atoms with Gasteiger partial charge in [0.25, 0.3) is 0 Å². The Labute approximate surface area is 98.9 Å². The van der Waals surface area contributed by atoms with Crippen molar-refractivity contribution in [1.82, 2.24) is 0 Å². The number of hydrogen-bond acceptors (Lipinski definition) is 4. The summed E-state index contributed by atoms with van der Waals surface area (Å²) in [4.78, 5) is 10.7. The fourth-order valence-electron chi connectivity index (χ4n) is 1.10. The van der Waals surface area contributed by atoms with Crippen LogP contribution in [0, 0.1) is 0 Å². The van der Waals surface area contributed by atoms with Crippen molar-refractivity contribution >= 4 is 14.8 Å². The van der Waals surface area contributed by atoms with Crippen molar-refractivity contribution in [2.24, 2.45) is 0 Å². The molecule has 1 unspecified atom stereocenters. The number of carbonyl (C=O) groups excluding carboxylic acids is 1. The van der Waals surface area contributed by atoms with Gasteiger partial charge in [0.05, 0.1) is 6.61 Å². The molecule has 0 aromatic carbocycles. The highest BCUT2D eigenvalue weighted by molar-refractivity contribution is 6.55. The summed E-state index contributed by atoms with van der Waals surface area (Å²) in [5, 5.41) is 9.37. The Morgan fingerprint density at radius 2 is 2.19 bits per heavy atom. The highest BCUT2D eigenvalue weighted by atomic mass is 28.3. The van der Waals surface area contributed by atoms with Crippen molar-refractivity contribution in [2.75, 3.05) is 19.8 Å². The topological polar surface area (TPSA) is 55.8 Å². The third-order valence-electron chi connectivity index (χ3n) is 1.97. The molecule has 0 saturated carbocycles. The molecule has 0 radical (unpaired) electrons. The summed E-state index contributed by atoms with van der Waals surface area (Å²) in [7, 11) is -0.492. The van der Waals surface area contributed by atoms with E-state index in [1.165, 1.54) is 6.04 Å². The summed E-state index contributed by atoms with van der Waals surface area (Å²) in [5.74, 6) is -0.523. The molecule has 0 aliphatic heterocycles. The second kappa shape index (κ2) is 9.56. The number of carbonyl (C=O) groups is 1. The van der Waals surface area contributed by atoms with Crippen LogP contribution in [-0.2, 0) is 14.3 Å². The normalized spacial score (nSPS) is 12.5. The molecular weight excluding hydrogens is 224 g/mol. The lowest BCUT2D eigenvalue weighted by Gasteiger charge is -2.11. The predicted molar refractivity (Wildman–Crippen MR) is 66.3 cm³/mol. The Morgan fingerprint density at radius 1 is 1.50 bits per heavy atom. The summed E-state index contributed by atoms with van der Waals surface area (Å²) in [6.07, 6.45) is 1.37. The van der Waals surface area contributed by atoms with Gasteiger partial charge in [-0.05, 0) is 6.42 Å². The molecule has 0 heterocycles. The van der Waals surface area contributed by atoms with E-state index in [9.17, 15) is 9.90 Å². The van der Waals surface area contributed by atoms with E-state index in [-0.39, 0.29) is 13.2 Å². The molecule has 5 heteroatoms. The molecule has 4 nitrogen and oxygen atoms in total. The zero-order valence-electron chi connectivity index (χ0n) is 10.1. The van der Waals surface area contributed by atoms with Crippen LogP contribution < -0.4 is 0 Å². The molecule has 0 saturated heterocycles. The second-order valence-corrected chi connectivity index (χ2v) is 7.46. The standard InChI is InChI=1S/C11H22O4Si/c1-4-11(13)15-9-10(12)8-14-6-5-7-16(2)3/h4,10,12,16H,1,5-9H2,2-3H3. The number of ether oxygens (including phenoxy) is 2. The van der Waals surface area contributed by atoms with E-state index >= 15 is 0 Å². The molecule has 0 aromatic rings. The molecule has 0 amide bonds. The van der Waals surface area contributed by atoms with Crippen LogP contribution in [0.4, 0.5) is 0 Å². The molecule has 0 fully saturated rings. The van der Waals surface area contributed by atoms with Gasteiger partial charge in [-0.15, -0.1) is 0 Å². The Morgan fingerprint density at radius 3 is 2.75 bits per heavy atom. The summed E-state index contributed by atoms with van der Waals surface area (Å²) >= 11 is 0. The van der Waals surface area contributed by atoms with Gasteiger partial charge < -0.3 is 14.6 Å². The van der Waals surface area contributed by atoms with Crippen LogP contribution >= 0.6 is 0 Å². The van der Waals surface area contributed by atoms with Crippen molar-refractivity contribution in [3.63, 3.8) is 0 Å². The molecular formula is C11H22O4Si. The van der Waals surface area contributed by atoms with Crippen molar-refractivity contribution in [3.8, 4) is 0 Å². The Hall–Kier alpha value is -0.653.